The molecule has 1 aliphatic heterocycles. The highest BCUT2D eigenvalue weighted by atomic mass is 79.9. The summed E-state index contributed by atoms with van der Waals surface area (Å²) in [6, 6.07) is 10.8. The van der Waals surface area contributed by atoms with Gasteiger partial charge in [-0.3, -0.25) is 9.36 Å². The molecule has 8 nitrogen and oxygen atoms in total. The monoisotopic (exact) mass is 585 g/mol. The number of benzene rings is 2. The van der Waals surface area contributed by atoms with Crippen molar-refractivity contribution in [2.45, 2.75) is 19.9 Å². The number of rotatable bonds is 7. The number of fused-ring (bicyclic) bond motifs is 1. The zero-order valence-corrected chi connectivity index (χ0v) is 23.9. The van der Waals surface area contributed by atoms with Gasteiger partial charge in [0.15, 0.2) is 16.3 Å². The van der Waals surface area contributed by atoms with Crippen LogP contribution in [0, 0.1) is 0 Å². The Morgan fingerprint density at radius 1 is 1.19 bits per heavy atom. The molecule has 0 unspecified atom stereocenters. The van der Waals surface area contributed by atoms with Crippen molar-refractivity contribution in [2.24, 2.45) is 4.99 Å². The molecule has 1 aliphatic rings. The van der Waals surface area contributed by atoms with Crippen LogP contribution in [0.5, 0.6) is 11.5 Å². The first-order valence-electron chi connectivity index (χ1n) is 11.6. The third-order valence-electron chi connectivity index (χ3n) is 6.00. The van der Waals surface area contributed by atoms with E-state index in [1.54, 1.807) is 44.8 Å². The number of ether oxygens (including phenoxy) is 3. The molecule has 1 aromatic heterocycles. The Labute approximate surface area is 227 Å². The molecule has 0 saturated carbocycles. The SMILES string of the molecule is CCOC(=O)C1=C(C)N=c2s/c(=C/c3cc(Br)c(OC)c(OC)c3)c(=O)n2[C@H]1c1ccc(N(C)C)cc1. The van der Waals surface area contributed by atoms with E-state index in [1.807, 2.05) is 49.3 Å². The highest BCUT2D eigenvalue weighted by molar-refractivity contribution is 9.10. The molecule has 37 heavy (non-hydrogen) atoms. The van der Waals surface area contributed by atoms with Gasteiger partial charge < -0.3 is 19.1 Å². The fraction of sp³-hybridized carbons (Fsp3) is 0.296. The Balaban J connectivity index is 1.93. The minimum Gasteiger partial charge on any atom is -0.493 e. The Kier molecular flexibility index (Phi) is 7.89. The summed E-state index contributed by atoms with van der Waals surface area (Å²) < 4.78 is 19.0. The topological polar surface area (TPSA) is 82.4 Å². The number of esters is 1. The van der Waals surface area contributed by atoms with Crippen molar-refractivity contribution in [1.29, 1.82) is 0 Å². The van der Waals surface area contributed by atoms with Crippen LogP contribution in [0.2, 0.25) is 0 Å². The molecule has 0 spiro atoms. The van der Waals surface area contributed by atoms with Crippen LogP contribution < -0.4 is 29.3 Å². The van der Waals surface area contributed by atoms with E-state index in [2.05, 4.69) is 20.9 Å². The zero-order chi connectivity index (χ0) is 26.9. The average Bonchev–Trinajstić information content (AvgIpc) is 3.17. The van der Waals surface area contributed by atoms with Gasteiger partial charge in [0, 0.05) is 19.8 Å². The van der Waals surface area contributed by atoms with E-state index in [4.69, 9.17) is 14.2 Å². The van der Waals surface area contributed by atoms with Crippen LogP contribution in [0.4, 0.5) is 5.69 Å². The Morgan fingerprint density at radius 3 is 2.49 bits per heavy atom. The van der Waals surface area contributed by atoms with Crippen molar-refractivity contribution in [3.8, 4) is 11.5 Å². The highest BCUT2D eigenvalue weighted by Gasteiger charge is 2.33. The molecule has 0 amide bonds. The number of thiazole rings is 1. The number of anilines is 1. The summed E-state index contributed by atoms with van der Waals surface area (Å²) in [4.78, 5) is 34.0. The lowest BCUT2D eigenvalue weighted by molar-refractivity contribution is -0.139. The molecule has 1 atom stereocenters. The minimum atomic E-state index is -0.661. The third kappa shape index (κ3) is 5.08. The van der Waals surface area contributed by atoms with Gasteiger partial charge >= 0.3 is 5.97 Å². The van der Waals surface area contributed by atoms with Crippen molar-refractivity contribution in [3.05, 3.63) is 83.0 Å². The quantitative estimate of drug-likeness (QED) is 0.394. The second kappa shape index (κ2) is 10.9. The summed E-state index contributed by atoms with van der Waals surface area (Å²) in [5.41, 5.74) is 3.20. The molecule has 0 bridgehead atoms. The van der Waals surface area contributed by atoms with Crippen LogP contribution in [0.25, 0.3) is 6.08 Å². The second-order valence-electron chi connectivity index (χ2n) is 8.53. The molecular weight excluding hydrogens is 558 g/mol. The van der Waals surface area contributed by atoms with Gasteiger partial charge in [0.2, 0.25) is 0 Å². The Bertz CT molecular complexity index is 1550. The average molecular weight is 587 g/mol. The number of carbonyl (C=O) groups is 1. The predicted molar refractivity (Wildman–Crippen MR) is 148 cm³/mol. The van der Waals surface area contributed by atoms with Gasteiger partial charge in [-0.25, -0.2) is 9.79 Å². The van der Waals surface area contributed by atoms with Crippen molar-refractivity contribution >= 4 is 45.0 Å². The van der Waals surface area contributed by atoms with Gasteiger partial charge in [0.25, 0.3) is 5.56 Å². The molecule has 3 aromatic rings. The molecule has 194 valence electrons. The van der Waals surface area contributed by atoms with E-state index in [9.17, 15) is 9.59 Å². The molecular formula is C27H28BrN3O5S. The van der Waals surface area contributed by atoms with Crippen LogP contribution in [0.15, 0.2) is 61.9 Å². The normalized spacial score (nSPS) is 15.2. The van der Waals surface area contributed by atoms with Crippen molar-refractivity contribution in [2.75, 3.05) is 39.8 Å². The Hall–Kier alpha value is -3.37. The van der Waals surface area contributed by atoms with Crippen LogP contribution in [0.1, 0.15) is 31.0 Å². The van der Waals surface area contributed by atoms with Crippen molar-refractivity contribution in [3.63, 3.8) is 0 Å². The standard InChI is InChI=1S/C27H28BrN3O5S/c1-7-36-26(33)22-15(2)29-27-31(23(22)17-8-10-18(11-9-17)30(3)4)25(32)21(37-27)14-16-12-19(28)24(35-6)20(13-16)34-5/h8-14,23H,7H2,1-6H3/b21-14+/t23-/m0/s1. The molecule has 0 radical (unpaired) electrons. The van der Waals surface area contributed by atoms with Gasteiger partial charge in [0.05, 0.1) is 47.1 Å². The summed E-state index contributed by atoms with van der Waals surface area (Å²) in [6.07, 6.45) is 1.78. The first kappa shape index (κ1) is 26.7. The van der Waals surface area contributed by atoms with Gasteiger partial charge in [-0.2, -0.15) is 0 Å². The molecule has 0 aliphatic carbocycles. The Morgan fingerprint density at radius 2 is 1.89 bits per heavy atom. The molecule has 0 N–H and O–H groups in total. The number of halogens is 1. The fourth-order valence-corrected chi connectivity index (χ4v) is 5.90. The number of carbonyl (C=O) groups excluding carboxylic acids is 1. The maximum Gasteiger partial charge on any atom is 0.338 e. The van der Waals surface area contributed by atoms with Crippen molar-refractivity contribution in [1.82, 2.24) is 4.57 Å². The van der Waals surface area contributed by atoms with E-state index in [1.165, 1.54) is 11.3 Å². The number of hydrogen-bond donors (Lipinski definition) is 0. The maximum absolute atomic E-state index is 13.8. The van der Waals surface area contributed by atoms with Gasteiger partial charge in [0.1, 0.15) is 0 Å². The van der Waals surface area contributed by atoms with Gasteiger partial charge in [-0.05, 0) is 71.2 Å². The van der Waals surface area contributed by atoms with Gasteiger partial charge in [-0.1, -0.05) is 23.5 Å². The van der Waals surface area contributed by atoms with E-state index in [0.717, 1.165) is 16.8 Å². The summed E-state index contributed by atoms with van der Waals surface area (Å²) >= 11 is 4.78. The number of allylic oxidation sites excluding steroid dienone is 1. The van der Waals surface area contributed by atoms with E-state index in [-0.39, 0.29) is 12.2 Å². The van der Waals surface area contributed by atoms with Crippen molar-refractivity contribution < 1.29 is 19.0 Å². The smallest absolute Gasteiger partial charge is 0.338 e. The predicted octanol–water partition coefficient (Wildman–Crippen LogP) is 3.64. The second-order valence-corrected chi connectivity index (χ2v) is 10.4. The lowest BCUT2D eigenvalue weighted by Gasteiger charge is -2.25. The summed E-state index contributed by atoms with van der Waals surface area (Å²) in [5.74, 6) is 0.621. The number of hydrogen-bond acceptors (Lipinski definition) is 8. The van der Waals surface area contributed by atoms with Crippen LogP contribution in [-0.2, 0) is 9.53 Å². The highest BCUT2D eigenvalue weighted by Crippen LogP contribution is 2.36. The number of methoxy groups -OCH3 is 2. The summed E-state index contributed by atoms with van der Waals surface area (Å²) in [6.45, 7) is 3.75. The lowest BCUT2D eigenvalue weighted by atomic mass is 9.95. The van der Waals surface area contributed by atoms with Crippen LogP contribution in [0.3, 0.4) is 0 Å². The van der Waals surface area contributed by atoms with E-state index in [0.29, 0.717) is 36.6 Å². The summed E-state index contributed by atoms with van der Waals surface area (Å²) in [5, 5.41) is 0. The molecule has 2 heterocycles. The number of aromatic nitrogens is 1. The molecule has 2 aromatic carbocycles. The number of nitrogens with zero attached hydrogens (tertiary/aromatic N) is 3. The van der Waals surface area contributed by atoms with Gasteiger partial charge in [-0.15, -0.1) is 0 Å². The first-order valence-corrected chi connectivity index (χ1v) is 13.2. The molecule has 4 rings (SSSR count). The lowest BCUT2D eigenvalue weighted by Crippen LogP contribution is -2.39. The maximum atomic E-state index is 13.8. The summed E-state index contributed by atoms with van der Waals surface area (Å²) in [7, 11) is 7.04. The van der Waals surface area contributed by atoms with Crippen LogP contribution >= 0.6 is 27.3 Å². The molecule has 0 fully saturated rings. The molecule has 0 saturated heterocycles. The third-order valence-corrected chi connectivity index (χ3v) is 7.57. The van der Waals surface area contributed by atoms with Crippen LogP contribution in [-0.4, -0.2) is 45.5 Å². The first-order chi connectivity index (χ1) is 17.7. The molecule has 10 heteroatoms. The van der Waals surface area contributed by atoms with E-state index < -0.39 is 12.0 Å². The fourth-order valence-electron chi connectivity index (χ4n) is 4.23. The zero-order valence-electron chi connectivity index (χ0n) is 21.5. The minimum absolute atomic E-state index is 0.223. The van der Waals surface area contributed by atoms with E-state index >= 15 is 0 Å². The largest absolute Gasteiger partial charge is 0.493 e.